The summed E-state index contributed by atoms with van der Waals surface area (Å²) < 4.78 is 0. The Morgan fingerprint density at radius 1 is 0.917 bits per heavy atom. The molecule has 0 aliphatic rings. The van der Waals surface area contributed by atoms with Crippen molar-refractivity contribution in [1.82, 2.24) is 0 Å². The molecule has 5 heteroatoms. The molecule has 24 heavy (non-hydrogen) atoms. The molecule has 0 unspecified atom stereocenters. The Morgan fingerprint density at radius 2 is 1.46 bits per heavy atom. The minimum Gasteiger partial charge on any atom is -0.508 e. The minimum absolute atomic E-state index is 0.0130. The van der Waals surface area contributed by atoms with Crippen LogP contribution in [0.1, 0.15) is 23.1 Å². The van der Waals surface area contributed by atoms with Gasteiger partial charge in [0.05, 0.1) is 0 Å². The van der Waals surface area contributed by atoms with Gasteiger partial charge in [-0.1, -0.05) is 24.3 Å². The third-order valence-electron chi connectivity index (χ3n) is 3.93. The highest BCUT2D eigenvalue weighted by Crippen LogP contribution is 2.33. The average molecular weight is 330 g/mol. The SMILES string of the molecule is C=CCc1cc(CC=C)c(CC(CC=C)(C(=O)O)C(=O)O)cc1O. The van der Waals surface area contributed by atoms with Crippen LogP contribution in [-0.2, 0) is 28.9 Å². The van der Waals surface area contributed by atoms with E-state index < -0.39 is 17.4 Å². The highest BCUT2D eigenvalue weighted by atomic mass is 16.4. The number of carbonyl (C=O) groups is 2. The topological polar surface area (TPSA) is 94.8 Å². The average Bonchev–Trinajstić information content (AvgIpc) is 2.50. The standard InChI is InChI=1S/C19H22O5/c1-4-7-13-10-14(8-5-2)16(20)11-15(13)12-19(9-6-3,17(21)22)18(23)24/h4-6,10-11,20H,1-3,7-9,12H2,(H,21,22)(H,23,24). The van der Waals surface area contributed by atoms with Crippen LogP contribution in [0.25, 0.3) is 0 Å². The zero-order valence-corrected chi connectivity index (χ0v) is 13.5. The number of benzene rings is 1. The van der Waals surface area contributed by atoms with Gasteiger partial charge in [-0.15, -0.1) is 19.7 Å². The molecule has 0 bridgehead atoms. The van der Waals surface area contributed by atoms with Crippen molar-refractivity contribution < 1.29 is 24.9 Å². The lowest BCUT2D eigenvalue weighted by Gasteiger charge is -2.25. The molecule has 1 aromatic carbocycles. The van der Waals surface area contributed by atoms with E-state index in [0.29, 0.717) is 24.0 Å². The Balaban J connectivity index is 3.46. The van der Waals surface area contributed by atoms with Crippen molar-refractivity contribution in [3.8, 4) is 5.75 Å². The molecule has 0 aliphatic heterocycles. The number of phenols is 1. The molecule has 1 aromatic rings. The van der Waals surface area contributed by atoms with Crippen LogP contribution in [0.5, 0.6) is 5.75 Å². The second-order valence-electron chi connectivity index (χ2n) is 5.60. The van der Waals surface area contributed by atoms with Gasteiger partial charge in [-0.05, 0) is 48.4 Å². The molecule has 0 aromatic heterocycles. The monoisotopic (exact) mass is 330 g/mol. The summed E-state index contributed by atoms with van der Waals surface area (Å²) in [5, 5.41) is 29.1. The predicted molar refractivity (Wildman–Crippen MR) is 92.1 cm³/mol. The fraction of sp³-hybridized carbons (Fsp3) is 0.263. The molecule has 0 radical (unpaired) electrons. The van der Waals surface area contributed by atoms with Crippen molar-refractivity contribution in [1.29, 1.82) is 0 Å². The smallest absolute Gasteiger partial charge is 0.321 e. The Morgan fingerprint density at radius 3 is 1.92 bits per heavy atom. The van der Waals surface area contributed by atoms with Crippen LogP contribution < -0.4 is 0 Å². The molecule has 0 fully saturated rings. The van der Waals surface area contributed by atoms with Crippen LogP contribution in [0.2, 0.25) is 0 Å². The van der Waals surface area contributed by atoms with Crippen molar-refractivity contribution in [2.45, 2.75) is 25.7 Å². The first-order chi connectivity index (χ1) is 11.3. The lowest BCUT2D eigenvalue weighted by Crippen LogP contribution is -2.41. The molecular weight excluding hydrogens is 308 g/mol. The molecule has 3 N–H and O–H groups in total. The second-order valence-corrected chi connectivity index (χ2v) is 5.60. The molecule has 0 amide bonds. The molecule has 5 nitrogen and oxygen atoms in total. The van der Waals surface area contributed by atoms with Gasteiger partial charge in [0.25, 0.3) is 0 Å². The van der Waals surface area contributed by atoms with Crippen LogP contribution in [-0.4, -0.2) is 27.3 Å². The van der Waals surface area contributed by atoms with Crippen LogP contribution in [0.4, 0.5) is 0 Å². The summed E-state index contributed by atoms with van der Waals surface area (Å²) in [6.45, 7) is 10.8. The van der Waals surface area contributed by atoms with E-state index in [-0.39, 0.29) is 18.6 Å². The van der Waals surface area contributed by atoms with Crippen LogP contribution in [0, 0.1) is 5.41 Å². The van der Waals surface area contributed by atoms with Gasteiger partial charge < -0.3 is 15.3 Å². The van der Waals surface area contributed by atoms with E-state index in [0.717, 1.165) is 5.56 Å². The predicted octanol–water partition coefficient (Wildman–Crippen LogP) is 3.12. The van der Waals surface area contributed by atoms with E-state index in [1.807, 2.05) is 0 Å². The Bertz CT molecular complexity index is 659. The van der Waals surface area contributed by atoms with Crippen molar-refractivity contribution >= 4 is 11.9 Å². The summed E-state index contributed by atoms with van der Waals surface area (Å²) in [4.78, 5) is 23.3. The van der Waals surface area contributed by atoms with Gasteiger partial charge in [-0.3, -0.25) is 9.59 Å². The zero-order chi connectivity index (χ0) is 18.3. The van der Waals surface area contributed by atoms with Crippen LogP contribution in [0.15, 0.2) is 50.1 Å². The Hall–Kier alpha value is -2.82. The van der Waals surface area contributed by atoms with Gasteiger partial charge in [0.2, 0.25) is 0 Å². The quantitative estimate of drug-likeness (QED) is 0.452. The number of phenolic OH excluding ortho intramolecular Hbond substituents is 1. The van der Waals surface area contributed by atoms with Crippen LogP contribution in [0.3, 0.4) is 0 Å². The van der Waals surface area contributed by atoms with Gasteiger partial charge in [0, 0.05) is 0 Å². The first-order valence-corrected chi connectivity index (χ1v) is 7.45. The molecule has 0 atom stereocenters. The number of aliphatic carboxylic acids is 2. The van der Waals surface area contributed by atoms with E-state index in [1.54, 1.807) is 18.2 Å². The summed E-state index contributed by atoms with van der Waals surface area (Å²) in [5.41, 5.74) is -0.183. The Labute approximate surface area is 141 Å². The number of carboxylic acids is 2. The maximum atomic E-state index is 11.7. The van der Waals surface area contributed by atoms with Gasteiger partial charge in [-0.2, -0.15) is 0 Å². The van der Waals surface area contributed by atoms with Gasteiger partial charge in [0.15, 0.2) is 5.41 Å². The second kappa shape index (κ2) is 8.15. The van der Waals surface area contributed by atoms with E-state index in [4.69, 9.17) is 0 Å². The molecule has 0 saturated heterocycles. The lowest BCUT2D eigenvalue weighted by atomic mass is 9.77. The molecular formula is C19H22O5. The number of hydrogen-bond acceptors (Lipinski definition) is 3. The summed E-state index contributed by atoms with van der Waals surface area (Å²) in [5.74, 6) is -2.88. The van der Waals surface area contributed by atoms with Gasteiger partial charge in [-0.25, -0.2) is 0 Å². The van der Waals surface area contributed by atoms with Crippen LogP contribution >= 0.6 is 0 Å². The zero-order valence-electron chi connectivity index (χ0n) is 13.5. The number of allylic oxidation sites excluding steroid dienone is 3. The number of rotatable bonds is 10. The molecule has 0 heterocycles. The van der Waals surface area contributed by atoms with E-state index in [9.17, 15) is 24.9 Å². The number of hydrogen-bond donors (Lipinski definition) is 3. The summed E-state index contributed by atoms with van der Waals surface area (Å²) >= 11 is 0. The highest BCUT2D eigenvalue weighted by molar-refractivity contribution is 5.98. The maximum absolute atomic E-state index is 11.7. The molecule has 1 rings (SSSR count). The first-order valence-electron chi connectivity index (χ1n) is 7.45. The fourth-order valence-corrected chi connectivity index (χ4v) is 2.62. The molecule has 0 saturated carbocycles. The van der Waals surface area contributed by atoms with Crippen molar-refractivity contribution in [3.63, 3.8) is 0 Å². The summed E-state index contributed by atoms with van der Waals surface area (Å²) in [7, 11) is 0. The van der Waals surface area contributed by atoms with Gasteiger partial charge in [0.1, 0.15) is 5.75 Å². The molecule has 0 aliphatic carbocycles. The van der Waals surface area contributed by atoms with Gasteiger partial charge >= 0.3 is 11.9 Å². The Kier molecular flexibility index (Phi) is 6.53. The third kappa shape index (κ3) is 3.93. The van der Waals surface area contributed by atoms with Crippen molar-refractivity contribution in [2.75, 3.05) is 0 Å². The molecule has 0 spiro atoms. The van der Waals surface area contributed by atoms with E-state index in [1.165, 1.54) is 12.1 Å². The largest absolute Gasteiger partial charge is 0.508 e. The van der Waals surface area contributed by atoms with Crippen molar-refractivity contribution in [3.05, 3.63) is 66.8 Å². The number of carboxylic acid groups (broad SMARTS) is 2. The maximum Gasteiger partial charge on any atom is 0.321 e. The highest BCUT2D eigenvalue weighted by Gasteiger charge is 2.46. The summed E-state index contributed by atoms with van der Waals surface area (Å²) in [6.07, 6.45) is 4.97. The fourth-order valence-electron chi connectivity index (χ4n) is 2.62. The molecule has 128 valence electrons. The minimum atomic E-state index is -2.02. The van der Waals surface area contributed by atoms with E-state index in [2.05, 4.69) is 19.7 Å². The van der Waals surface area contributed by atoms with Crippen molar-refractivity contribution in [2.24, 2.45) is 5.41 Å². The number of aromatic hydroxyl groups is 1. The van der Waals surface area contributed by atoms with E-state index >= 15 is 0 Å². The lowest BCUT2D eigenvalue weighted by molar-refractivity contribution is -0.164. The first kappa shape index (κ1) is 19.2. The normalized spacial score (nSPS) is 10.8. The third-order valence-corrected chi connectivity index (χ3v) is 3.93. The summed E-state index contributed by atoms with van der Waals surface area (Å²) in [6, 6.07) is 3.16.